The van der Waals surface area contributed by atoms with E-state index < -0.39 is 0 Å². The maximum Gasteiger partial charge on any atom is 0.0431 e. The van der Waals surface area contributed by atoms with Gasteiger partial charge < -0.3 is 5.11 Å². The van der Waals surface area contributed by atoms with E-state index in [1.807, 2.05) is 0 Å². The Kier molecular flexibility index (Phi) is 4.07. The van der Waals surface area contributed by atoms with Crippen molar-refractivity contribution in [3.8, 4) is 0 Å². The number of hydrogen-bond acceptors (Lipinski definition) is 1. The van der Waals surface area contributed by atoms with Gasteiger partial charge in [0.05, 0.1) is 0 Å². The van der Waals surface area contributed by atoms with Gasteiger partial charge in [-0.05, 0) is 49.4 Å². The van der Waals surface area contributed by atoms with Gasteiger partial charge in [0.25, 0.3) is 0 Å². The molecule has 4 atom stereocenters. The Bertz CT molecular complexity index is 190. The first kappa shape index (κ1) is 11.4. The molecule has 15 heavy (non-hydrogen) atoms. The lowest BCUT2D eigenvalue weighted by Gasteiger charge is -2.32. The van der Waals surface area contributed by atoms with Crippen LogP contribution in [0, 0.1) is 23.7 Å². The summed E-state index contributed by atoms with van der Waals surface area (Å²) in [5.41, 5.74) is 0. The quantitative estimate of drug-likeness (QED) is 0.735. The monoisotopic (exact) mass is 210 g/mol. The second-order valence-corrected chi connectivity index (χ2v) is 5.64. The molecule has 2 fully saturated rings. The van der Waals surface area contributed by atoms with Crippen LogP contribution in [0.25, 0.3) is 0 Å². The highest BCUT2D eigenvalue weighted by molar-refractivity contribution is 4.94. The Morgan fingerprint density at radius 1 is 1.07 bits per heavy atom. The van der Waals surface area contributed by atoms with Crippen molar-refractivity contribution in [2.75, 3.05) is 6.61 Å². The summed E-state index contributed by atoms with van der Waals surface area (Å²) < 4.78 is 0. The van der Waals surface area contributed by atoms with E-state index in [0.29, 0.717) is 6.61 Å². The predicted molar refractivity (Wildman–Crippen MR) is 63.7 cm³/mol. The second kappa shape index (κ2) is 5.34. The van der Waals surface area contributed by atoms with E-state index in [1.165, 1.54) is 44.9 Å². The van der Waals surface area contributed by atoms with Crippen LogP contribution in [0.3, 0.4) is 0 Å². The molecule has 0 amide bonds. The molecule has 0 aromatic rings. The van der Waals surface area contributed by atoms with E-state index in [-0.39, 0.29) is 0 Å². The molecule has 0 radical (unpaired) electrons. The molecule has 2 rings (SSSR count). The lowest BCUT2D eigenvalue weighted by molar-refractivity contribution is 0.173. The average molecular weight is 210 g/mol. The molecule has 2 aliphatic rings. The molecule has 1 heteroatoms. The highest BCUT2D eigenvalue weighted by atomic mass is 16.2. The second-order valence-electron chi connectivity index (χ2n) is 5.64. The van der Waals surface area contributed by atoms with Gasteiger partial charge in [0, 0.05) is 6.61 Å². The summed E-state index contributed by atoms with van der Waals surface area (Å²) in [4.78, 5) is 0. The van der Waals surface area contributed by atoms with Crippen LogP contribution in [-0.4, -0.2) is 11.7 Å². The average Bonchev–Trinajstić information content (AvgIpc) is 3.06. The maximum absolute atomic E-state index is 8.94. The van der Waals surface area contributed by atoms with Crippen LogP contribution < -0.4 is 0 Å². The van der Waals surface area contributed by atoms with Gasteiger partial charge in [-0.1, -0.05) is 32.6 Å². The fourth-order valence-electron chi connectivity index (χ4n) is 3.78. The van der Waals surface area contributed by atoms with Crippen molar-refractivity contribution < 1.29 is 5.11 Å². The SMILES string of the molecule is CC[C@H]1C[C@H]1C1CCCCC1CCCO. The highest BCUT2D eigenvalue weighted by Crippen LogP contribution is 2.53. The van der Waals surface area contributed by atoms with Crippen LogP contribution in [0.4, 0.5) is 0 Å². The zero-order chi connectivity index (χ0) is 10.7. The Hall–Kier alpha value is -0.0400. The predicted octanol–water partition coefficient (Wildman–Crippen LogP) is 3.61. The van der Waals surface area contributed by atoms with Crippen molar-refractivity contribution in [2.45, 2.75) is 58.3 Å². The lowest BCUT2D eigenvalue weighted by Crippen LogP contribution is -2.22. The third-order valence-corrected chi connectivity index (χ3v) is 4.75. The van der Waals surface area contributed by atoms with Gasteiger partial charge in [0.2, 0.25) is 0 Å². The molecule has 0 saturated heterocycles. The van der Waals surface area contributed by atoms with Crippen molar-refractivity contribution in [2.24, 2.45) is 23.7 Å². The Labute approximate surface area is 94.3 Å². The van der Waals surface area contributed by atoms with Crippen LogP contribution in [0.1, 0.15) is 58.3 Å². The number of aliphatic hydroxyl groups is 1. The van der Waals surface area contributed by atoms with Crippen molar-refractivity contribution >= 4 is 0 Å². The topological polar surface area (TPSA) is 20.2 Å². The van der Waals surface area contributed by atoms with Crippen LogP contribution in [0.2, 0.25) is 0 Å². The normalized spacial score (nSPS) is 40.4. The molecule has 0 aromatic heterocycles. The minimum absolute atomic E-state index is 0.394. The minimum Gasteiger partial charge on any atom is -0.396 e. The fraction of sp³-hybridized carbons (Fsp3) is 1.00. The smallest absolute Gasteiger partial charge is 0.0431 e. The van der Waals surface area contributed by atoms with E-state index in [1.54, 1.807) is 0 Å². The molecule has 0 aromatic carbocycles. The molecule has 88 valence electrons. The summed E-state index contributed by atoms with van der Waals surface area (Å²) in [6.45, 7) is 2.74. The Morgan fingerprint density at radius 2 is 1.87 bits per heavy atom. The Balaban J connectivity index is 1.83. The summed E-state index contributed by atoms with van der Waals surface area (Å²) in [5, 5.41) is 8.94. The summed E-state index contributed by atoms with van der Waals surface area (Å²) in [7, 11) is 0. The molecule has 2 aliphatic carbocycles. The number of hydrogen-bond donors (Lipinski definition) is 1. The third kappa shape index (κ3) is 2.75. The van der Waals surface area contributed by atoms with Gasteiger partial charge >= 0.3 is 0 Å². The van der Waals surface area contributed by atoms with Crippen LogP contribution in [0.15, 0.2) is 0 Å². The lowest BCUT2D eigenvalue weighted by atomic mass is 9.74. The van der Waals surface area contributed by atoms with Crippen molar-refractivity contribution in [3.05, 3.63) is 0 Å². The number of rotatable bonds is 5. The summed E-state index contributed by atoms with van der Waals surface area (Å²) in [6.07, 6.45) is 11.1. The zero-order valence-electron chi connectivity index (χ0n) is 10.1. The van der Waals surface area contributed by atoms with Crippen LogP contribution in [-0.2, 0) is 0 Å². The molecule has 1 N–H and O–H groups in total. The van der Waals surface area contributed by atoms with E-state index in [9.17, 15) is 0 Å². The van der Waals surface area contributed by atoms with E-state index in [0.717, 1.165) is 30.1 Å². The Morgan fingerprint density at radius 3 is 2.53 bits per heavy atom. The van der Waals surface area contributed by atoms with Gasteiger partial charge in [-0.2, -0.15) is 0 Å². The van der Waals surface area contributed by atoms with Crippen LogP contribution in [0.5, 0.6) is 0 Å². The van der Waals surface area contributed by atoms with Gasteiger partial charge in [0.1, 0.15) is 0 Å². The third-order valence-electron chi connectivity index (χ3n) is 4.75. The molecule has 1 nitrogen and oxygen atoms in total. The van der Waals surface area contributed by atoms with Crippen molar-refractivity contribution in [3.63, 3.8) is 0 Å². The van der Waals surface area contributed by atoms with E-state index in [2.05, 4.69) is 6.92 Å². The van der Waals surface area contributed by atoms with Crippen LogP contribution >= 0.6 is 0 Å². The first-order chi connectivity index (χ1) is 7.36. The fourth-order valence-corrected chi connectivity index (χ4v) is 3.78. The molecular weight excluding hydrogens is 184 g/mol. The van der Waals surface area contributed by atoms with E-state index in [4.69, 9.17) is 5.11 Å². The first-order valence-corrected chi connectivity index (χ1v) is 6.97. The summed E-state index contributed by atoms with van der Waals surface area (Å²) >= 11 is 0. The summed E-state index contributed by atoms with van der Waals surface area (Å²) in [5.74, 6) is 4.10. The molecule has 2 saturated carbocycles. The van der Waals surface area contributed by atoms with Gasteiger partial charge in [0.15, 0.2) is 0 Å². The molecule has 0 heterocycles. The maximum atomic E-state index is 8.94. The molecule has 2 unspecified atom stereocenters. The minimum atomic E-state index is 0.394. The van der Waals surface area contributed by atoms with Gasteiger partial charge in [-0.3, -0.25) is 0 Å². The standard InChI is InChI=1S/C14H26O/c1-2-11-10-14(11)13-8-4-3-6-12(13)7-5-9-15/h11-15H,2-10H2,1H3/t11-,12?,13?,14+/m0/s1. The van der Waals surface area contributed by atoms with Gasteiger partial charge in [-0.15, -0.1) is 0 Å². The highest BCUT2D eigenvalue weighted by Gasteiger charge is 2.44. The van der Waals surface area contributed by atoms with Gasteiger partial charge in [-0.25, -0.2) is 0 Å². The van der Waals surface area contributed by atoms with Crippen molar-refractivity contribution in [1.82, 2.24) is 0 Å². The zero-order valence-corrected chi connectivity index (χ0v) is 10.1. The molecular formula is C14H26O. The van der Waals surface area contributed by atoms with E-state index >= 15 is 0 Å². The summed E-state index contributed by atoms with van der Waals surface area (Å²) in [6, 6.07) is 0. The molecule has 0 aliphatic heterocycles. The van der Waals surface area contributed by atoms with Crippen molar-refractivity contribution in [1.29, 1.82) is 0 Å². The molecule has 0 bridgehead atoms. The number of aliphatic hydroxyl groups excluding tert-OH is 1. The first-order valence-electron chi connectivity index (χ1n) is 6.97. The molecule has 0 spiro atoms. The largest absolute Gasteiger partial charge is 0.396 e.